The quantitative estimate of drug-likeness (QED) is 0.645. The second kappa shape index (κ2) is 5.72. The largest absolute Gasteiger partial charge is 0.0799 e. The zero-order valence-corrected chi connectivity index (χ0v) is 14.6. The lowest BCUT2D eigenvalue weighted by Gasteiger charge is -2.36. The number of hydrogen-bond acceptors (Lipinski definition) is 0. The molecule has 0 heteroatoms. The van der Waals surface area contributed by atoms with Crippen LogP contribution in [-0.2, 0) is 0 Å². The summed E-state index contributed by atoms with van der Waals surface area (Å²) >= 11 is 0. The van der Waals surface area contributed by atoms with Gasteiger partial charge in [0.05, 0.1) is 0 Å². The summed E-state index contributed by atoms with van der Waals surface area (Å²) < 4.78 is 0. The Bertz CT molecular complexity index is 619. The van der Waals surface area contributed by atoms with E-state index in [1.807, 2.05) is 0 Å². The minimum Gasteiger partial charge on any atom is -0.0799 e. The molecule has 1 fully saturated rings. The van der Waals surface area contributed by atoms with Crippen LogP contribution in [0.3, 0.4) is 0 Å². The zero-order chi connectivity index (χ0) is 15.9. The maximum Gasteiger partial charge on any atom is -0.000579 e. The molecule has 4 atom stereocenters. The molecule has 0 N–H and O–H groups in total. The van der Waals surface area contributed by atoms with E-state index in [4.69, 9.17) is 0 Å². The first-order valence-electron chi connectivity index (χ1n) is 8.67. The molecule has 0 bridgehead atoms. The third-order valence-corrected chi connectivity index (χ3v) is 6.14. The van der Waals surface area contributed by atoms with Crippen LogP contribution in [0.15, 0.2) is 36.4 Å². The molecular formula is C22H28. The fourth-order valence-electron chi connectivity index (χ4n) is 4.42. The highest BCUT2D eigenvalue weighted by Crippen LogP contribution is 2.58. The van der Waals surface area contributed by atoms with Gasteiger partial charge in [-0.25, -0.2) is 0 Å². The third-order valence-electron chi connectivity index (χ3n) is 6.14. The van der Waals surface area contributed by atoms with Crippen LogP contribution in [0.1, 0.15) is 54.9 Å². The van der Waals surface area contributed by atoms with Gasteiger partial charge in [0.1, 0.15) is 0 Å². The van der Waals surface area contributed by atoms with Crippen LogP contribution in [0.5, 0.6) is 0 Å². The number of fused-ring (bicyclic) bond motifs is 1. The van der Waals surface area contributed by atoms with Crippen molar-refractivity contribution in [2.45, 2.75) is 53.4 Å². The molecule has 1 saturated carbocycles. The van der Waals surface area contributed by atoms with E-state index in [0.29, 0.717) is 17.8 Å². The van der Waals surface area contributed by atoms with Crippen molar-refractivity contribution in [1.29, 1.82) is 0 Å². The van der Waals surface area contributed by atoms with Gasteiger partial charge in [-0.15, -0.1) is 0 Å². The lowest BCUT2D eigenvalue weighted by molar-refractivity contribution is 0.235. The van der Waals surface area contributed by atoms with Crippen LogP contribution in [0.4, 0.5) is 0 Å². The maximum absolute atomic E-state index is 3.93. The standard InChI is InChI=1S/C22H28/c1-6-9-21-20(14-18-10-7-8-13-22(18,21)5)19-12-11-15(2)16(3)17(19)4/h7-8,10-13,18,20-21H,6,9H2,1-5H3. The van der Waals surface area contributed by atoms with E-state index in [-0.39, 0.29) is 5.41 Å². The summed E-state index contributed by atoms with van der Waals surface area (Å²) in [4.78, 5) is 0. The first-order chi connectivity index (χ1) is 10.5. The molecule has 0 heterocycles. The Morgan fingerprint density at radius 1 is 1.09 bits per heavy atom. The van der Waals surface area contributed by atoms with E-state index < -0.39 is 0 Å². The van der Waals surface area contributed by atoms with E-state index >= 15 is 0 Å². The Labute approximate surface area is 136 Å². The molecule has 0 saturated heterocycles. The van der Waals surface area contributed by atoms with E-state index in [1.54, 1.807) is 0 Å². The van der Waals surface area contributed by atoms with Gasteiger partial charge in [0.15, 0.2) is 0 Å². The third kappa shape index (κ3) is 2.28. The minimum atomic E-state index is 0.237. The Kier molecular flexibility index (Phi) is 4.05. The molecule has 0 aliphatic heterocycles. The summed E-state index contributed by atoms with van der Waals surface area (Å²) in [7, 11) is 0. The van der Waals surface area contributed by atoms with Crippen LogP contribution in [-0.4, -0.2) is 0 Å². The number of aryl methyl sites for hydroxylation is 1. The smallest absolute Gasteiger partial charge is 0.000579 e. The number of hydrogen-bond donors (Lipinski definition) is 0. The Balaban J connectivity index is 2.05. The van der Waals surface area contributed by atoms with Crippen LogP contribution in [0.2, 0.25) is 0 Å². The monoisotopic (exact) mass is 292 g/mol. The van der Waals surface area contributed by atoms with Crippen LogP contribution in [0.25, 0.3) is 0 Å². The van der Waals surface area contributed by atoms with Crippen LogP contribution in [0, 0.1) is 44.4 Å². The van der Waals surface area contributed by atoms with Crippen molar-refractivity contribution in [3.05, 3.63) is 65.1 Å². The van der Waals surface area contributed by atoms with Gasteiger partial charge in [-0.05, 0) is 79.0 Å². The highest BCUT2D eigenvalue weighted by atomic mass is 14.5. The Hall–Kier alpha value is -1.30. The molecule has 1 aromatic carbocycles. The van der Waals surface area contributed by atoms with Crippen molar-refractivity contribution in [1.82, 2.24) is 0 Å². The molecule has 116 valence electrons. The van der Waals surface area contributed by atoms with Gasteiger partial charge >= 0.3 is 0 Å². The molecule has 0 spiro atoms. The molecule has 22 heavy (non-hydrogen) atoms. The van der Waals surface area contributed by atoms with Crippen molar-refractivity contribution in [2.75, 3.05) is 0 Å². The number of benzene rings is 1. The Morgan fingerprint density at radius 3 is 2.59 bits per heavy atom. The van der Waals surface area contributed by atoms with Gasteiger partial charge in [-0.3, -0.25) is 0 Å². The zero-order valence-electron chi connectivity index (χ0n) is 14.6. The van der Waals surface area contributed by atoms with Gasteiger partial charge in [0, 0.05) is 0 Å². The summed E-state index contributed by atoms with van der Waals surface area (Å²) in [6.45, 7) is 11.5. The average molecular weight is 292 g/mol. The second-order valence-corrected chi connectivity index (χ2v) is 7.35. The average Bonchev–Trinajstić information content (AvgIpc) is 2.79. The predicted molar refractivity (Wildman–Crippen MR) is 94.9 cm³/mol. The summed E-state index contributed by atoms with van der Waals surface area (Å²) in [6.07, 6.45) is 15.7. The predicted octanol–water partition coefficient (Wildman–Crippen LogP) is 5.96. The van der Waals surface area contributed by atoms with Crippen molar-refractivity contribution >= 4 is 0 Å². The van der Waals surface area contributed by atoms with Crippen molar-refractivity contribution in [2.24, 2.45) is 17.3 Å². The van der Waals surface area contributed by atoms with Gasteiger partial charge in [-0.2, -0.15) is 0 Å². The maximum atomic E-state index is 3.93. The first kappa shape index (κ1) is 15.6. The van der Waals surface area contributed by atoms with Gasteiger partial charge in [0.2, 0.25) is 0 Å². The van der Waals surface area contributed by atoms with E-state index in [0.717, 1.165) is 0 Å². The molecule has 2 radical (unpaired) electrons. The van der Waals surface area contributed by atoms with E-state index in [9.17, 15) is 0 Å². The molecule has 0 amide bonds. The lowest BCUT2D eigenvalue weighted by atomic mass is 9.68. The van der Waals surface area contributed by atoms with Crippen molar-refractivity contribution in [3.63, 3.8) is 0 Å². The molecule has 2 aliphatic carbocycles. The summed E-state index contributed by atoms with van der Waals surface area (Å²) in [5.41, 5.74) is 6.05. The highest BCUT2D eigenvalue weighted by Gasteiger charge is 2.50. The molecule has 1 aromatic rings. The summed E-state index contributed by atoms with van der Waals surface area (Å²) in [6, 6.07) is 4.64. The van der Waals surface area contributed by atoms with Gasteiger partial charge in [0.25, 0.3) is 0 Å². The number of rotatable bonds is 3. The Morgan fingerprint density at radius 2 is 1.86 bits per heavy atom. The molecule has 0 nitrogen and oxygen atoms in total. The van der Waals surface area contributed by atoms with Crippen LogP contribution >= 0.6 is 0 Å². The fourth-order valence-corrected chi connectivity index (χ4v) is 4.42. The molecule has 0 aromatic heterocycles. The fraction of sp³-hybridized carbons (Fsp3) is 0.500. The molecule has 3 rings (SSSR count). The van der Waals surface area contributed by atoms with E-state index in [2.05, 4.69) is 77.5 Å². The number of allylic oxidation sites excluding steroid dienone is 4. The van der Waals surface area contributed by atoms with E-state index in [1.165, 1.54) is 35.1 Å². The SMILES string of the molecule is CCCC1C(c2ccc(C)c(C)c2C)[C]C2C=CC=CC21C. The normalized spacial score (nSPS) is 33.2. The molecule has 4 unspecified atom stereocenters. The minimum absolute atomic E-state index is 0.237. The van der Waals surface area contributed by atoms with Crippen molar-refractivity contribution < 1.29 is 0 Å². The van der Waals surface area contributed by atoms with Crippen molar-refractivity contribution in [3.8, 4) is 0 Å². The molecular weight excluding hydrogens is 264 g/mol. The summed E-state index contributed by atoms with van der Waals surface area (Å²) in [5, 5.41) is 0. The topological polar surface area (TPSA) is 0 Å². The first-order valence-corrected chi connectivity index (χ1v) is 8.67. The second-order valence-electron chi connectivity index (χ2n) is 7.35. The summed E-state index contributed by atoms with van der Waals surface area (Å²) in [5.74, 6) is 1.58. The van der Waals surface area contributed by atoms with Gasteiger partial charge < -0.3 is 0 Å². The van der Waals surface area contributed by atoms with Gasteiger partial charge in [-0.1, -0.05) is 56.7 Å². The molecule has 2 aliphatic rings. The highest BCUT2D eigenvalue weighted by molar-refractivity contribution is 5.45. The van der Waals surface area contributed by atoms with Crippen LogP contribution < -0.4 is 0 Å². The lowest BCUT2D eigenvalue weighted by Crippen LogP contribution is -2.28.